The molecule has 142 valence electrons. The number of rotatable bonds is 10. The normalized spacial score (nSPS) is 16.0. The lowest BCUT2D eigenvalue weighted by Crippen LogP contribution is -2.41. The van der Waals surface area contributed by atoms with E-state index in [-0.39, 0.29) is 18.2 Å². The Bertz CT molecular complexity index is 704. The monoisotopic (exact) mass is 363 g/mol. The van der Waals surface area contributed by atoms with Gasteiger partial charge in [-0.05, 0) is 56.7 Å². The molecule has 0 aliphatic heterocycles. The number of halogens is 1. The molecule has 7 heteroatoms. The molecule has 0 fully saturated rings. The highest BCUT2D eigenvalue weighted by Gasteiger charge is 2.30. The number of benzene rings is 1. The first kappa shape index (κ1) is 20.1. The standard InChI is InChI=1S/C19H26FN3O3/c1-19(26,18(21)25)8-7-14(17-22-9-10-23-17)12-16(24)6-5-13-3-2-4-15(20)11-13/h2-4,9-11,14,16,24,26H,5-8,12H2,1H3,(H2,21,25)(H,22,23). The van der Waals surface area contributed by atoms with Crippen molar-refractivity contribution in [2.75, 3.05) is 0 Å². The minimum absolute atomic E-state index is 0.154. The molecular formula is C19H26FN3O3. The minimum Gasteiger partial charge on any atom is -0.393 e. The first-order valence-corrected chi connectivity index (χ1v) is 8.72. The van der Waals surface area contributed by atoms with E-state index in [0.29, 0.717) is 31.5 Å². The number of aliphatic hydroxyl groups excluding tert-OH is 1. The van der Waals surface area contributed by atoms with Crippen molar-refractivity contribution >= 4 is 5.91 Å². The summed E-state index contributed by atoms with van der Waals surface area (Å²) in [4.78, 5) is 18.5. The number of nitrogens with two attached hydrogens (primary N) is 1. The number of imidazole rings is 1. The predicted molar refractivity (Wildman–Crippen MR) is 95.7 cm³/mol. The lowest BCUT2D eigenvalue weighted by Gasteiger charge is -2.24. The van der Waals surface area contributed by atoms with E-state index < -0.39 is 17.6 Å². The van der Waals surface area contributed by atoms with Gasteiger partial charge < -0.3 is 20.9 Å². The van der Waals surface area contributed by atoms with Gasteiger partial charge in [-0.3, -0.25) is 4.79 Å². The summed E-state index contributed by atoms with van der Waals surface area (Å²) in [6.45, 7) is 1.38. The van der Waals surface area contributed by atoms with Gasteiger partial charge in [0, 0.05) is 18.3 Å². The van der Waals surface area contributed by atoms with Crippen LogP contribution in [-0.2, 0) is 11.2 Å². The van der Waals surface area contributed by atoms with Gasteiger partial charge in [-0.1, -0.05) is 12.1 Å². The molecule has 0 saturated heterocycles. The molecule has 3 unspecified atom stereocenters. The molecule has 1 aromatic carbocycles. The number of hydrogen-bond acceptors (Lipinski definition) is 4. The van der Waals surface area contributed by atoms with Gasteiger partial charge in [-0.2, -0.15) is 0 Å². The Morgan fingerprint density at radius 2 is 2.19 bits per heavy atom. The van der Waals surface area contributed by atoms with Crippen molar-refractivity contribution in [3.63, 3.8) is 0 Å². The maximum Gasteiger partial charge on any atom is 0.249 e. The van der Waals surface area contributed by atoms with Crippen LogP contribution in [0.2, 0.25) is 0 Å². The van der Waals surface area contributed by atoms with Crippen molar-refractivity contribution in [3.05, 3.63) is 53.9 Å². The SMILES string of the molecule is CC(O)(CCC(CC(O)CCc1cccc(F)c1)c1ncc[nH]1)C(N)=O. The van der Waals surface area contributed by atoms with Crippen LogP contribution in [0.5, 0.6) is 0 Å². The molecule has 0 saturated carbocycles. The molecule has 0 aliphatic carbocycles. The molecular weight excluding hydrogens is 337 g/mol. The van der Waals surface area contributed by atoms with Crippen molar-refractivity contribution in [2.24, 2.45) is 5.73 Å². The molecule has 6 nitrogen and oxygen atoms in total. The average molecular weight is 363 g/mol. The van der Waals surface area contributed by atoms with Crippen molar-refractivity contribution in [1.82, 2.24) is 9.97 Å². The molecule has 1 amide bonds. The highest BCUT2D eigenvalue weighted by atomic mass is 19.1. The average Bonchev–Trinajstić information content (AvgIpc) is 3.11. The Morgan fingerprint density at radius 3 is 2.81 bits per heavy atom. The summed E-state index contributed by atoms with van der Waals surface area (Å²) in [7, 11) is 0. The van der Waals surface area contributed by atoms with Gasteiger partial charge in [0.25, 0.3) is 0 Å². The van der Waals surface area contributed by atoms with Gasteiger partial charge in [0.05, 0.1) is 6.10 Å². The second-order valence-corrected chi connectivity index (χ2v) is 6.91. The number of carbonyl (C=O) groups excluding carboxylic acids is 1. The molecule has 0 radical (unpaired) electrons. The molecule has 0 bridgehead atoms. The van der Waals surface area contributed by atoms with Gasteiger partial charge in [-0.15, -0.1) is 0 Å². The Kier molecular flexibility index (Phi) is 6.88. The lowest BCUT2D eigenvalue weighted by molar-refractivity contribution is -0.135. The highest BCUT2D eigenvalue weighted by molar-refractivity contribution is 5.82. The first-order chi connectivity index (χ1) is 12.3. The summed E-state index contributed by atoms with van der Waals surface area (Å²) < 4.78 is 13.2. The molecule has 0 spiro atoms. The number of nitrogens with one attached hydrogen (secondary N) is 1. The molecule has 2 rings (SSSR count). The van der Waals surface area contributed by atoms with Crippen LogP contribution in [0.15, 0.2) is 36.7 Å². The topological polar surface area (TPSA) is 112 Å². The van der Waals surface area contributed by atoms with Gasteiger partial charge >= 0.3 is 0 Å². The largest absolute Gasteiger partial charge is 0.393 e. The number of aryl methyl sites for hydroxylation is 1. The molecule has 2 aromatic rings. The molecule has 26 heavy (non-hydrogen) atoms. The zero-order valence-corrected chi connectivity index (χ0v) is 14.9. The van der Waals surface area contributed by atoms with Crippen molar-refractivity contribution in [1.29, 1.82) is 0 Å². The number of aromatic nitrogens is 2. The van der Waals surface area contributed by atoms with Crippen LogP contribution in [0, 0.1) is 5.82 Å². The van der Waals surface area contributed by atoms with Gasteiger partial charge in [0.1, 0.15) is 17.2 Å². The lowest BCUT2D eigenvalue weighted by atomic mass is 9.88. The third kappa shape index (κ3) is 5.93. The fraction of sp³-hybridized carbons (Fsp3) is 0.474. The summed E-state index contributed by atoms with van der Waals surface area (Å²) in [5, 5.41) is 20.4. The number of aromatic amines is 1. The fourth-order valence-corrected chi connectivity index (χ4v) is 2.92. The number of primary amides is 1. The van der Waals surface area contributed by atoms with Crippen LogP contribution in [0.3, 0.4) is 0 Å². The second-order valence-electron chi connectivity index (χ2n) is 6.91. The van der Waals surface area contributed by atoms with E-state index in [1.54, 1.807) is 18.5 Å². The van der Waals surface area contributed by atoms with Gasteiger partial charge in [0.2, 0.25) is 5.91 Å². The first-order valence-electron chi connectivity index (χ1n) is 8.72. The van der Waals surface area contributed by atoms with E-state index in [4.69, 9.17) is 5.73 Å². The molecule has 5 N–H and O–H groups in total. The Labute approximate surface area is 152 Å². The summed E-state index contributed by atoms with van der Waals surface area (Å²) in [5.74, 6) is -0.533. The summed E-state index contributed by atoms with van der Waals surface area (Å²) >= 11 is 0. The van der Waals surface area contributed by atoms with E-state index in [1.807, 2.05) is 6.07 Å². The summed E-state index contributed by atoms with van der Waals surface area (Å²) in [6, 6.07) is 6.32. The van der Waals surface area contributed by atoms with E-state index >= 15 is 0 Å². The van der Waals surface area contributed by atoms with E-state index in [2.05, 4.69) is 9.97 Å². The second kappa shape index (κ2) is 8.91. The fourth-order valence-electron chi connectivity index (χ4n) is 2.92. The van der Waals surface area contributed by atoms with Crippen molar-refractivity contribution in [3.8, 4) is 0 Å². The third-order valence-electron chi connectivity index (χ3n) is 4.63. The number of amides is 1. The molecule has 1 aromatic heterocycles. The Balaban J connectivity index is 1.94. The number of nitrogens with zero attached hydrogens (tertiary/aromatic N) is 1. The maximum atomic E-state index is 13.2. The predicted octanol–water partition coefficient (Wildman–Crippen LogP) is 2.03. The quantitative estimate of drug-likeness (QED) is 0.517. The summed E-state index contributed by atoms with van der Waals surface area (Å²) in [5.41, 5.74) is 4.44. The van der Waals surface area contributed by atoms with E-state index in [0.717, 1.165) is 5.56 Å². The van der Waals surface area contributed by atoms with Crippen LogP contribution in [0.1, 0.15) is 49.9 Å². The van der Waals surface area contributed by atoms with Crippen LogP contribution in [-0.4, -0.2) is 37.8 Å². The molecule has 3 atom stereocenters. The van der Waals surface area contributed by atoms with Crippen LogP contribution in [0.25, 0.3) is 0 Å². The van der Waals surface area contributed by atoms with Crippen molar-refractivity contribution in [2.45, 2.75) is 56.7 Å². The number of aliphatic hydroxyl groups is 2. The molecule has 0 aliphatic rings. The van der Waals surface area contributed by atoms with Crippen LogP contribution < -0.4 is 5.73 Å². The molecule has 1 heterocycles. The smallest absolute Gasteiger partial charge is 0.249 e. The van der Waals surface area contributed by atoms with Crippen molar-refractivity contribution < 1.29 is 19.4 Å². The zero-order valence-electron chi connectivity index (χ0n) is 14.9. The van der Waals surface area contributed by atoms with E-state index in [9.17, 15) is 19.4 Å². The Hall–Kier alpha value is -2.25. The maximum absolute atomic E-state index is 13.2. The van der Waals surface area contributed by atoms with Crippen LogP contribution in [0.4, 0.5) is 4.39 Å². The summed E-state index contributed by atoms with van der Waals surface area (Å²) in [6.07, 6.45) is 4.76. The van der Waals surface area contributed by atoms with Gasteiger partial charge in [0.15, 0.2) is 0 Å². The van der Waals surface area contributed by atoms with E-state index in [1.165, 1.54) is 19.1 Å². The minimum atomic E-state index is -1.60. The zero-order chi connectivity index (χ0) is 19.2. The highest BCUT2D eigenvalue weighted by Crippen LogP contribution is 2.28. The Morgan fingerprint density at radius 1 is 1.42 bits per heavy atom. The number of H-pyrrole nitrogens is 1. The number of hydrogen-bond donors (Lipinski definition) is 4. The number of carbonyl (C=O) groups is 1. The third-order valence-corrected chi connectivity index (χ3v) is 4.63. The van der Waals surface area contributed by atoms with Gasteiger partial charge in [-0.25, -0.2) is 9.37 Å². The van der Waals surface area contributed by atoms with Crippen LogP contribution >= 0.6 is 0 Å².